The van der Waals surface area contributed by atoms with E-state index < -0.39 is 0 Å². The zero-order valence-electron chi connectivity index (χ0n) is 19.5. The molecule has 4 aromatic rings. The highest BCUT2D eigenvalue weighted by Crippen LogP contribution is 2.34. The molecule has 8 heteroatoms. The van der Waals surface area contributed by atoms with Crippen molar-refractivity contribution >= 4 is 34.2 Å². The van der Waals surface area contributed by atoms with Gasteiger partial charge in [0.25, 0.3) is 0 Å². The molecule has 184 valence electrons. The topological polar surface area (TPSA) is 75.8 Å². The summed E-state index contributed by atoms with van der Waals surface area (Å²) in [4.78, 5) is 20.2. The number of aryl methyl sites for hydroxylation is 1. The van der Waals surface area contributed by atoms with Gasteiger partial charge in [-0.05, 0) is 54.4 Å². The minimum atomic E-state index is -0.0323. The number of halogens is 2. The van der Waals surface area contributed by atoms with E-state index in [1.54, 1.807) is 0 Å². The third-order valence-corrected chi connectivity index (χ3v) is 7.25. The van der Waals surface area contributed by atoms with E-state index in [9.17, 15) is 4.79 Å². The fraction of sp³-hybridized carbons (Fsp3) is 0.296. The highest BCUT2D eigenvalue weighted by Gasteiger charge is 2.27. The van der Waals surface area contributed by atoms with Gasteiger partial charge in [-0.1, -0.05) is 65.7 Å². The van der Waals surface area contributed by atoms with E-state index in [0.29, 0.717) is 6.54 Å². The Morgan fingerprint density at radius 2 is 1.60 bits per heavy atom. The van der Waals surface area contributed by atoms with E-state index in [1.165, 1.54) is 0 Å². The Bertz CT molecular complexity index is 1330. The molecule has 1 atom stereocenters. The maximum atomic E-state index is 12.3. The van der Waals surface area contributed by atoms with Crippen LogP contribution in [0.25, 0.3) is 11.0 Å². The van der Waals surface area contributed by atoms with Crippen molar-refractivity contribution in [3.63, 3.8) is 0 Å². The number of imidazole rings is 1. The van der Waals surface area contributed by atoms with E-state index in [1.807, 2.05) is 65.2 Å². The summed E-state index contributed by atoms with van der Waals surface area (Å²) in [6, 6.07) is 24.1. The highest BCUT2D eigenvalue weighted by atomic mass is 35.5. The van der Waals surface area contributed by atoms with E-state index in [2.05, 4.69) is 26.9 Å². The maximum Gasteiger partial charge on any atom is 0.326 e. The number of hydrogen-bond donors (Lipinski definition) is 1. The van der Waals surface area contributed by atoms with Crippen LogP contribution in [0.15, 0.2) is 77.6 Å². The average Bonchev–Trinajstić information content (AvgIpc) is 3.16. The number of aromatic nitrogens is 2. The van der Waals surface area contributed by atoms with E-state index in [4.69, 9.17) is 23.2 Å². The molecular formula is C27H30Cl2N4O2. The summed E-state index contributed by atoms with van der Waals surface area (Å²) in [5.41, 5.74) is 4.11. The number of para-hydroxylation sites is 2. The molecule has 0 saturated carbocycles. The molecule has 0 radical (unpaired) electrons. The third-order valence-electron chi connectivity index (χ3n) is 6.67. The van der Waals surface area contributed by atoms with E-state index in [0.717, 1.165) is 71.4 Å². The maximum absolute atomic E-state index is 12.3. The molecule has 1 saturated heterocycles. The van der Waals surface area contributed by atoms with Crippen LogP contribution in [0.2, 0.25) is 10.0 Å². The minimum Gasteiger partial charge on any atom is -0.412 e. The molecule has 1 aromatic heterocycles. The molecule has 1 unspecified atom stereocenters. The third kappa shape index (κ3) is 5.63. The van der Waals surface area contributed by atoms with Gasteiger partial charge < -0.3 is 15.4 Å². The van der Waals surface area contributed by atoms with Crippen LogP contribution in [-0.4, -0.2) is 57.6 Å². The first-order chi connectivity index (χ1) is 16.6. The normalized spacial score (nSPS) is 15.7. The molecule has 0 amide bonds. The first-order valence-electron chi connectivity index (χ1n) is 11.7. The van der Waals surface area contributed by atoms with Gasteiger partial charge in [-0.3, -0.25) is 9.47 Å². The summed E-state index contributed by atoms with van der Waals surface area (Å²) in [6.45, 7) is 5.51. The molecule has 0 aliphatic carbocycles. The van der Waals surface area contributed by atoms with E-state index in [-0.39, 0.29) is 17.2 Å². The predicted octanol–water partition coefficient (Wildman–Crippen LogP) is 4.61. The summed E-state index contributed by atoms with van der Waals surface area (Å²) in [5.74, 6) is 0. The Morgan fingerprint density at radius 3 is 2.37 bits per heavy atom. The van der Waals surface area contributed by atoms with Crippen LogP contribution >= 0.6 is 23.2 Å². The zero-order chi connectivity index (χ0) is 23.5. The predicted molar refractivity (Wildman–Crippen MR) is 144 cm³/mol. The number of fused-ring (bicyclic) bond motifs is 1. The van der Waals surface area contributed by atoms with Gasteiger partial charge >= 0.3 is 5.69 Å². The van der Waals surface area contributed by atoms with Crippen molar-refractivity contribution in [1.82, 2.24) is 19.4 Å². The van der Waals surface area contributed by atoms with Gasteiger partial charge in [0.1, 0.15) is 0 Å². The minimum absolute atomic E-state index is 0. The number of aromatic amines is 1. The Kier molecular flexibility index (Phi) is 8.31. The second-order valence-electron chi connectivity index (χ2n) is 8.81. The second kappa shape index (κ2) is 11.4. The van der Waals surface area contributed by atoms with Crippen LogP contribution in [0.4, 0.5) is 0 Å². The van der Waals surface area contributed by atoms with Crippen LogP contribution in [0.1, 0.15) is 23.6 Å². The molecule has 3 N–H and O–H groups in total. The Labute approximate surface area is 215 Å². The van der Waals surface area contributed by atoms with Crippen molar-refractivity contribution in [2.24, 2.45) is 0 Å². The molecule has 0 spiro atoms. The lowest BCUT2D eigenvalue weighted by Crippen LogP contribution is -2.48. The lowest BCUT2D eigenvalue weighted by atomic mass is 9.96. The lowest BCUT2D eigenvalue weighted by molar-refractivity contribution is 0.108. The Morgan fingerprint density at radius 1 is 0.857 bits per heavy atom. The molecule has 5 rings (SSSR count). The summed E-state index contributed by atoms with van der Waals surface area (Å²) in [5, 5.41) is 1.51. The molecule has 6 nitrogen and oxygen atoms in total. The average molecular weight is 513 g/mol. The molecule has 3 aromatic carbocycles. The summed E-state index contributed by atoms with van der Waals surface area (Å²) >= 11 is 13.0. The molecule has 1 fully saturated rings. The van der Waals surface area contributed by atoms with Crippen molar-refractivity contribution in [3.05, 3.63) is 104 Å². The van der Waals surface area contributed by atoms with Gasteiger partial charge in [-0.15, -0.1) is 0 Å². The van der Waals surface area contributed by atoms with Crippen molar-refractivity contribution in [3.8, 4) is 0 Å². The fourth-order valence-electron chi connectivity index (χ4n) is 4.99. The quantitative estimate of drug-likeness (QED) is 0.392. The summed E-state index contributed by atoms with van der Waals surface area (Å²) in [6.07, 6.45) is 0.935. The van der Waals surface area contributed by atoms with Gasteiger partial charge in [0.2, 0.25) is 0 Å². The van der Waals surface area contributed by atoms with Crippen molar-refractivity contribution in [2.45, 2.75) is 19.0 Å². The standard InChI is InChI=1S/C27H28Cl2N4O.H2O/c28-21-8-5-7-20(19-21)26(22-9-1-2-10-23(22)29)32-17-15-31(16-18-32)13-6-14-33-25-12-4-3-11-24(25)30-27(33)34;/h1-5,7-12,19,26H,6,13-18H2,(H,30,34);1H2. The van der Waals surface area contributed by atoms with Crippen LogP contribution in [-0.2, 0) is 6.54 Å². The highest BCUT2D eigenvalue weighted by molar-refractivity contribution is 6.31. The number of H-pyrrole nitrogens is 1. The number of nitrogens with one attached hydrogen (secondary N) is 1. The Hall–Kier alpha value is -2.61. The SMILES string of the molecule is O.O=c1[nH]c2ccccc2n1CCCN1CCN(C(c2cccc(Cl)c2)c2ccccc2Cl)CC1. The van der Waals surface area contributed by atoms with Gasteiger partial charge in [-0.25, -0.2) is 4.79 Å². The van der Waals surface area contributed by atoms with Crippen LogP contribution in [0.3, 0.4) is 0 Å². The second-order valence-corrected chi connectivity index (χ2v) is 9.65. The number of rotatable bonds is 7. The number of benzene rings is 3. The lowest BCUT2D eigenvalue weighted by Gasteiger charge is -2.40. The van der Waals surface area contributed by atoms with Gasteiger partial charge in [0.15, 0.2) is 0 Å². The first kappa shape index (κ1) is 25.5. The van der Waals surface area contributed by atoms with Crippen LogP contribution < -0.4 is 5.69 Å². The van der Waals surface area contributed by atoms with Crippen LogP contribution in [0, 0.1) is 0 Å². The largest absolute Gasteiger partial charge is 0.412 e. The number of piperazine rings is 1. The zero-order valence-corrected chi connectivity index (χ0v) is 21.0. The van der Waals surface area contributed by atoms with E-state index >= 15 is 0 Å². The fourth-order valence-corrected chi connectivity index (χ4v) is 5.42. The monoisotopic (exact) mass is 512 g/mol. The molecule has 0 bridgehead atoms. The van der Waals surface area contributed by atoms with Crippen molar-refractivity contribution < 1.29 is 5.48 Å². The smallest absolute Gasteiger partial charge is 0.326 e. The molecule has 1 aliphatic rings. The number of hydrogen-bond acceptors (Lipinski definition) is 3. The molecular weight excluding hydrogens is 483 g/mol. The van der Waals surface area contributed by atoms with Gasteiger partial charge in [0, 0.05) is 42.8 Å². The van der Waals surface area contributed by atoms with Gasteiger partial charge in [0.05, 0.1) is 17.1 Å². The first-order valence-corrected chi connectivity index (χ1v) is 12.5. The summed E-state index contributed by atoms with van der Waals surface area (Å²) < 4.78 is 1.85. The van der Waals surface area contributed by atoms with Crippen molar-refractivity contribution in [2.75, 3.05) is 32.7 Å². The van der Waals surface area contributed by atoms with Crippen LogP contribution in [0.5, 0.6) is 0 Å². The van der Waals surface area contributed by atoms with Crippen molar-refractivity contribution in [1.29, 1.82) is 0 Å². The Balaban J connectivity index is 0.00000289. The van der Waals surface area contributed by atoms with Gasteiger partial charge in [-0.2, -0.15) is 0 Å². The molecule has 35 heavy (non-hydrogen) atoms. The summed E-state index contributed by atoms with van der Waals surface area (Å²) in [7, 11) is 0. The molecule has 2 heterocycles. The number of nitrogens with zero attached hydrogens (tertiary/aromatic N) is 3. The molecule has 1 aliphatic heterocycles.